The zero-order valence-electron chi connectivity index (χ0n) is 14.9. The normalized spacial score (nSPS) is 16.8. The molecule has 0 fully saturated rings. The third-order valence-corrected chi connectivity index (χ3v) is 6.72. The molecule has 4 nitrogen and oxygen atoms in total. The lowest BCUT2D eigenvalue weighted by Crippen LogP contribution is -2.30. The largest absolute Gasteiger partial charge is 0.263 e. The second-order valence-corrected chi connectivity index (χ2v) is 8.92. The molecule has 28 heavy (non-hydrogen) atoms. The summed E-state index contributed by atoms with van der Waals surface area (Å²) in [6.45, 7) is 0. The number of aliphatic imine (C=N–C) groups is 1. The first-order valence-corrected chi connectivity index (χ1v) is 11.1. The number of benzene rings is 3. The molecule has 1 aliphatic rings. The number of hydrogen-bond donors (Lipinski definition) is 1. The van der Waals surface area contributed by atoms with Gasteiger partial charge in [0.15, 0.2) is 5.17 Å². The Morgan fingerprint density at radius 1 is 0.786 bits per heavy atom. The summed E-state index contributed by atoms with van der Waals surface area (Å²) < 4.78 is 28.2. The summed E-state index contributed by atoms with van der Waals surface area (Å²) >= 11 is 1.33. The molecule has 0 amide bonds. The highest BCUT2D eigenvalue weighted by molar-refractivity contribution is 8.22. The van der Waals surface area contributed by atoms with E-state index < -0.39 is 10.0 Å². The van der Waals surface area contributed by atoms with E-state index in [9.17, 15) is 8.42 Å². The average molecular weight is 407 g/mol. The van der Waals surface area contributed by atoms with E-state index in [1.54, 1.807) is 30.3 Å². The molecule has 3 aromatic rings. The lowest BCUT2D eigenvalue weighted by molar-refractivity contribution is 0.592. The zero-order valence-corrected chi connectivity index (χ0v) is 16.5. The van der Waals surface area contributed by atoms with Crippen LogP contribution in [0.25, 0.3) is 4.91 Å². The van der Waals surface area contributed by atoms with Crippen LogP contribution < -0.4 is 4.72 Å². The van der Waals surface area contributed by atoms with Gasteiger partial charge in [-0.05, 0) is 29.3 Å². The van der Waals surface area contributed by atoms with Crippen LogP contribution in [-0.2, 0) is 10.0 Å². The molecule has 140 valence electrons. The Balaban J connectivity index is 1.70. The Bertz CT molecular complexity index is 1110. The number of rotatable bonds is 4. The molecule has 0 saturated heterocycles. The van der Waals surface area contributed by atoms with Crippen molar-refractivity contribution in [1.29, 1.82) is 0 Å². The van der Waals surface area contributed by atoms with Crippen molar-refractivity contribution >= 4 is 31.9 Å². The standard InChI is InChI=1S/C22H18N2O2S2/c25-28(26,19-14-8-3-9-15-19)24-22-23-20(17-10-4-1-5-11-17)16-21(27-22)18-12-6-2-7-13-18/h1-16,20H,(H,23,24). The molecule has 3 aromatic carbocycles. The first-order chi connectivity index (χ1) is 13.6. The van der Waals surface area contributed by atoms with Gasteiger partial charge in [-0.1, -0.05) is 90.6 Å². The Morgan fingerprint density at radius 2 is 1.36 bits per heavy atom. The summed E-state index contributed by atoms with van der Waals surface area (Å²) in [5.74, 6) is 0. The molecule has 1 aliphatic heterocycles. The highest BCUT2D eigenvalue weighted by atomic mass is 32.2. The van der Waals surface area contributed by atoms with Gasteiger partial charge in [0.05, 0.1) is 10.9 Å². The Kier molecular flexibility index (Phi) is 5.32. The minimum absolute atomic E-state index is 0.213. The quantitative estimate of drug-likeness (QED) is 0.674. The van der Waals surface area contributed by atoms with Gasteiger partial charge in [-0.3, -0.25) is 4.72 Å². The van der Waals surface area contributed by atoms with Crippen LogP contribution in [0.1, 0.15) is 17.2 Å². The van der Waals surface area contributed by atoms with Crippen LogP contribution in [0.2, 0.25) is 0 Å². The average Bonchev–Trinajstić information content (AvgIpc) is 2.75. The number of nitrogens with zero attached hydrogens (tertiary/aromatic N) is 1. The first kappa shape index (κ1) is 18.5. The molecule has 1 heterocycles. The third kappa shape index (κ3) is 4.18. The van der Waals surface area contributed by atoms with Crippen molar-refractivity contribution in [3.05, 3.63) is 108 Å². The fraction of sp³-hybridized carbons (Fsp3) is 0.0455. The summed E-state index contributed by atoms with van der Waals surface area (Å²) in [5.41, 5.74) is 2.03. The molecule has 0 radical (unpaired) electrons. The summed E-state index contributed by atoms with van der Waals surface area (Å²) in [5, 5.41) is 0.360. The van der Waals surface area contributed by atoms with Crippen LogP contribution in [0.15, 0.2) is 107 Å². The van der Waals surface area contributed by atoms with Crippen LogP contribution in [-0.4, -0.2) is 13.6 Å². The molecule has 0 saturated carbocycles. The van der Waals surface area contributed by atoms with Gasteiger partial charge in [-0.15, -0.1) is 0 Å². The maximum atomic E-state index is 12.8. The SMILES string of the molecule is O=S(=O)(NC1=NC(c2ccccc2)C=C(c2ccccc2)S1)c1ccccc1. The van der Waals surface area contributed by atoms with Crippen LogP contribution >= 0.6 is 11.8 Å². The molecule has 6 heteroatoms. The van der Waals surface area contributed by atoms with E-state index in [4.69, 9.17) is 0 Å². The highest BCUT2D eigenvalue weighted by Gasteiger charge is 2.23. The van der Waals surface area contributed by atoms with E-state index in [1.165, 1.54) is 11.8 Å². The fourth-order valence-corrected chi connectivity index (χ4v) is 5.11. The Hall–Kier alpha value is -2.83. The minimum Gasteiger partial charge on any atom is -0.258 e. The summed E-state index contributed by atoms with van der Waals surface area (Å²) in [6.07, 6.45) is 2.07. The molecular formula is C22H18N2O2S2. The topological polar surface area (TPSA) is 58.5 Å². The lowest BCUT2D eigenvalue weighted by Gasteiger charge is -2.21. The van der Waals surface area contributed by atoms with Crippen LogP contribution in [0, 0.1) is 0 Å². The molecule has 1 unspecified atom stereocenters. The number of sulfonamides is 1. The molecular weight excluding hydrogens is 388 g/mol. The number of amidine groups is 1. The monoisotopic (exact) mass is 406 g/mol. The summed E-state index contributed by atoms with van der Waals surface area (Å²) in [4.78, 5) is 5.83. The number of thioether (sulfide) groups is 1. The van der Waals surface area contributed by atoms with E-state index in [-0.39, 0.29) is 10.9 Å². The molecule has 0 aliphatic carbocycles. The van der Waals surface area contributed by atoms with Crippen LogP contribution in [0.5, 0.6) is 0 Å². The second-order valence-electron chi connectivity index (χ2n) is 6.21. The molecule has 0 aromatic heterocycles. The van der Waals surface area contributed by atoms with Crippen LogP contribution in [0.3, 0.4) is 0 Å². The van der Waals surface area contributed by atoms with Gasteiger partial charge < -0.3 is 0 Å². The van der Waals surface area contributed by atoms with E-state index in [2.05, 4.69) is 15.8 Å². The molecule has 1 N–H and O–H groups in total. The third-order valence-electron chi connectivity index (χ3n) is 4.25. The van der Waals surface area contributed by atoms with E-state index >= 15 is 0 Å². The Labute approximate surface area is 169 Å². The fourth-order valence-electron chi connectivity index (χ4n) is 2.87. The predicted molar refractivity (Wildman–Crippen MR) is 115 cm³/mol. The summed E-state index contributed by atoms with van der Waals surface area (Å²) in [6, 6.07) is 27.8. The van der Waals surface area contributed by atoms with Gasteiger partial charge in [0.2, 0.25) is 0 Å². The number of nitrogens with one attached hydrogen (secondary N) is 1. The summed E-state index contributed by atoms with van der Waals surface area (Å²) in [7, 11) is -3.70. The molecule has 0 spiro atoms. The predicted octanol–water partition coefficient (Wildman–Crippen LogP) is 4.85. The van der Waals surface area contributed by atoms with Crippen molar-refractivity contribution < 1.29 is 8.42 Å². The van der Waals surface area contributed by atoms with Crippen molar-refractivity contribution in [2.45, 2.75) is 10.9 Å². The van der Waals surface area contributed by atoms with Crippen LogP contribution in [0.4, 0.5) is 0 Å². The van der Waals surface area contributed by atoms with Gasteiger partial charge >= 0.3 is 0 Å². The number of hydrogen-bond acceptors (Lipinski definition) is 4. The maximum Gasteiger partial charge on any atom is 0.263 e. The smallest absolute Gasteiger partial charge is 0.258 e. The van der Waals surface area contributed by atoms with E-state index in [0.29, 0.717) is 5.17 Å². The van der Waals surface area contributed by atoms with Crippen molar-refractivity contribution in [3.63, 3.8) is 0 Å². The first-order valence-electron chi connectivity index (χ1n) is 8.77. The molecule has 4 rings (SSSR count). The van der Waals surface area contributed by atoms with Gasteiger partial charge in [0, 0.05) is 4.91 Å². The van der Waals surface area contributed by atoms with Gasteiger partial charge in [0.1, 0.15) is 0 Å². The van der Waals surface area contributed by atoms with E-state index in [0.717, 1.165) is 16.0 Å². The van der Waals surface area contributed by atoms with Crippen molar-refractivity contribution in [1.82, 2.24) is 4.72 Å². The zero-order chi connectivity index (χ0) is 19.4. The Morgan fingerprint density at radius 3 is 2.00 bits per heavy atom. The van der Waals surface area contributed by atoms with Gasteiger partial charge in [-0.2, -0.15) is 0 Å². The van der Waals surface area contributed by atoms with Gasteiger partial charge in [-0.25, -0.2) is 13.4 Å². The maximum absolute atomic E-state index is 12.8. The van der Waals surface area contributed by atoms with Crippen molar-refractivity contribution in [2.24, 2.45) is 4.99 Å². The van der Waals surface area contributed by atoms with Gasteiger partial charge in [0.25, 0.3) is 10.0 Å². The molecule has 1 atom stereocenters. The molecule has 0 bridgehead atoms. The van der Waals surface area contributed by atoms with Crippen molar-refractivity contribution in [3.8, 4) is 0 Å². The minimum atomic E-state index is -3.70. The second kappa shape index (κ2) is 8.04. The van der Waals surface area contributed by atoms with E-state index in [1.807, 2.05) is 60.7 Å². The highest BCUT2D eigenvalue weighted by Crippen LogP contribution is 2.37. The van der Waals surface area contributed by atoms with Crippen molar-refractivity contribution in [2.75, 3.05) is 0 Å². The lowest BCUT2D eigenvalue weighted by atomic mass is 10.1.